The maximum absolute atomic E-state index is 5.36. The summed E-state index contributed by atoms with van der Waals surface area (Å²) in [5.41, 5.74) is 15.4. The highest BCUT2D eigenvalue weighted by molar-refractivity contribution is 7.26. The molecule has 0 fully saturated rings. The summed E-state index contributed by atoms with van der Waals surface area (Å²) in [6.45, 7) is 0. The van der Waals surface area contributed by atoms with E-state index in [0.29, 0.717) is 17.5 Å². The fraction of sp³-hybridized carbons (Fsp3) is 0. The molecule has 10 aromatic carbocycles. The summed E-state index contributed by atoms with van der Waals surface area (Å²) >= 11 is 1.86. The lowest BCUT2D eigenvalue weighted by Crippen LogP contribution is -2.01. The molecule has 0 aliphatic heterocycles. The molecule has 0 unspecified atom stereocenters. The first-order valence-corrected chi connectivity index (χ1v) is 23.7. The van der Waals surface area contributed by atoms with Crippen molar-refractivity contribution >= 4 is 53.3 Å². The summed E-state index contributed by atoms with van der Waals surface area (Å²) in [7, 11) is 0. The van der Waals surface area contributed by atoms with E-state index < -0.39 is 0 Å². The second kappa shape index (κ2) is 16.6. The Morgan fingerprint density at radius 1 is 0.309 bits per heavy atom. The maximum Gasteiger partial charge on any atom is 0.164 e. The molecule has 0 N–H and O–H groups in total. The minimum atomic E-state index is 0.613. The average Bonchev–Trinajstić information content (AvgIpc) is 3.98. The van der Waals surface area contributed by atoms with Crippen LogP contribution in [0.4, 0.5) is 0 Å². The number of nitrogens with zero attached hydrogens (tertiary/aromatic N) is 4. The van der Waals surface area contributed by atoms with E-state index in [1.807, 2.05) is 47.7 Å². The largest absolute Gasteiger partial charge is 0.308 e. The van der Waals surface area contributed by atoms with Gasteiger partial charge in [-0.1, -0.05) is 206 Å². The minimum absolute atomic E-state index is 0.613. The molecule has 0 amide bonds. The van der Waals surface area contributed by atoms with Crippen LogP contribution in [0.1, 0.15) is 0 Å². The third-order valence-corrected chi connectivity index (χ3v) is 14.3. The van der Waals surface area contributed by atoms with E-state index in [2.05, 4.69) is 211 Å². The molecule has 0 saturated heterocycles. The molecule has 0 spiro atoms. The normalized spacial score (nSPS) is 11.5. The number of fused-ring (bicyclic) bond motifs is 7. The zero-order valence-corrected chi connectivity index (χ0v) is 37.6. The molecule has 0 saturated carbocycles. The number of rotatable bonds is 8. The molecule has 68 heavy (non-hydrogen) atoms. The lowest BCUT2D eigenvalue weighted by Gasteiger charge is -2.16. The topological polar surface area (TPSA) is 43.6 Å². The van der Waals surface area contributed by atoms with Gasteiger partial charge in [-0.3, -0.25) is 0 Å². The van der Waals surface area contributed by atoms with Gasteiger partial charge < -0.3 is 4.57 Å². The standard InChI is InChI=1S/C63H40N4S/c1-6-19-41(20-7-1)48-35-33-45(39-54(48)42-21-8-2-9-22-42)46-34-36-49(55(40-46)63-65-61(43-23-10-3-11-24-43)64-62(66-63)44-25-12-4-13-26-44)51-30-18-32-57-58(51)53-38-37-52-50-29-16-17-31-56(50)67(59(52)60(53)68-57)47-27-14-5-15-28-47/h1-40H. The molecule has 0 aliphatic carbocycles. The van der Waals surface area contributed by atoms with Crippen molar-refractivity contribution in [3.63, 3.8) is 0 Å². The molecule has 318 valence electrons. The summed E-state index contributed by atoms with van der Waals surface area (Å²) in [5, 5.41) is 4.93. The van der Waals surface area contributed by atoms with Crippen molar-refractivity contribution in [2.24, 2.45) is 0 Å². The van der Waals surface area contributed by atoms with E-state index in [4.69, 9.17) is 15.0 Å². The number of aromatic nitrogens is 4. The second-order valence-electron chi connectivity index (χ2n) is 17.1. The summed E-state index contributed by atoms with van der Waals surface area (Å²) in [4.78, 5) is 15.8. The third-order valence-electron chi connectivity index (χ3n) is 13.1. The molecule has 3 aromatic heterocycles. The first kappa shape index (κ1) is 39.6. The minimum Gasteiger partial charge on any atom is -0.308 e. The van der Waals surface area contributed by atoms with Gasteiger partial charge in [-0.2, -0.15) is 0 Å². The van der Waals surface area contributed by atoms with Crippen LogP contribution >= 0.6 is 11.3 Å². The van der Waals surface area contributed by atoms with E-state index in [9.17, 15) is 0 Å². The van der Waals surface area contributed by atoms with Crippen LogP contribution in [0.2, 0.25) is 0 Å². The molecule has 0 atom stereocenters. The maximum atomic E-state index is 5.36. The second-order valence-corrected chi connectivity index (χ2v) is 18.2. The first-order valence-electron chi connectivity index (χ1n) is 22.9. The van der Waals surface area contributed by atoms with Crippen LogP contribution in [0.5, 0.6) is 0 Å². The van der Waals surface area contributed by atoms with Crippen molar-refractivity contribution in [1.29, 1.82) is 0 Å². The van der Waals surface area contributed by atoms with Crippen LogP contribution in [0.15, 0.2) is 243 Å². The van der Waals surface area contributed by atoms with Crippen LogP contribution in [-0.2, 0) is 0 Å². The van der Waals surface area contributed by atoms with Crippen LogP contribution < -0.4 is 0 Å². The molecule has 0 radical (unpaired) electrons. The quantitative estimate of drug-likeness (QED) is 0.153. The molecule has 13 aromatic rings. The molecular weight excluding hydrogens is 845 g/mol. The van der Waals surface area contributed by atoms with Crippen LogP contribution in [0, 0.1) is 0 Å². The van der Waals surface area contributed by atoms with Crippen molar-refractivity contribution in [3.8, 4) is 84.4 Å². The van der Waals surface area contributed by atoms with Gasteiger partial charge in [0.1, 0.15) is 0 Å². The molecular formula is C63H40N4S. The predicted octanol–water partition coefficient (Wildman–Crippen LogP) is 17.0. The summed E-state index contributed by atoms with van der Waals surface area (Å²) in [5.74, 6) is 1.86. The Balaban J connectivity index is 1.08. The molecule has 3 heterocycles. The first-order chi connectivity index (χ1) is 33.7. The van der Waals surface area contributed by atoms with Crippen molar-refractivity contribution in [2.45, 2.75) is 0 Å². The van der Waals surface area contributed by atoms with Crippen LogP contribution in [-0.4, -0.2) is 19.5 Å². The number of para-hydroxylation sites is 2. The highest BCUT2D eigenvalue weighted by Gasteiger charge is 2.23. The van der Waals surface area contributed by atoms with Gasteiger partial charge in [0, 0.05) is 48.6 Å². The zero-order chi connectivity index (χ0) is 45.0. The Morgan fingerprint density at radius 2 is 0.824 bits per heavy atom. The third kappa shape index (κ3) is 6.79. The van der Waals surface area contributed by atoms with E-state index in [1.165, 1.54) is 64.2 Å². The van der Waals surface area contributed by atoms with E-state index in [1.54, 1.807) is 0 Å². The summed E-state index contributed by atoms with van der Waals surface area (Å²) < 4.78 is 4.92. The van der Waals surface area contributed by atoms with E-state index in [0.717, 1.165) is 44.6 Å². The van der Waals surface area contributed by atoms with Gasteiger partial charge >= 0.3 is 0 Å². The highest BCUT2D eigenvalue weighted by Crippen LogP contribution is 2.48. The Kier molecular flexibility index (Phi) is 9.66. The van der Waals surface area contributed by atoms with Gasteiger partial charge in [-0.25, -0.2) is 15.0 Å². The van der Waals surface area contributed by atoms with E-state index in [-0.39, 0.29) is 0 Å². The van der Waals surface area contributed by atoms with Gasteiger partial charge in [0.05, 0.1) is 15.7 Å². The van der Waals surface area contributed by atoms with Gasteiger partial charge in [-0.15, -0.1) is 11.3 Å². The Hall–Kier alpha value is -8.77. The number of thiophene rings is 1. The lowest BCUT2D eigenvalue weighted by molar-refractivity contribution is 1.07. The summed E-state index contributed by atoms with van der Waals surface area (Å²) in [6.07, 6.45) is 0. The molecule has 5 heteroatoms. The van der Waals surface area contributed by atoms with Gasteiger partial charge in [-0.05, 0) is 80.9 Å². The van der Waals surface area contributed by atoms with Crippen LogP contribution in [0.3, 0.4) is 0 Å². The fourth-order valence-electron chi connectivity index (χ4n) is 9.92. The summed E-state index contributed by atoms with van der Waals surface area (Å²) in [6, 6.07) is 86.4. The van der Waals surface area contributed by atoms with Crippen molar-refractivity contribution < 1.29 is 0 Å². The highest BCUT2D eigenvalue weighted by atomic mass is 32.1. The van der Waals surface area contributed by atoms with Gasteiger partial charge in [0.25, 0.3) is 0 Å². The SMILES string of the molecule is c1ccc(-c2nc(-c3ccccc3)nc(-c3cc(-c4ccc(-c5ccccc5)c(-c5ccccc5)c4)ccc3-c3cccc4sc5c(ccc6c7ccccc7n(-c7ccccc7)c65)c34)n2)cc1. The smallest absolute Gasteiger partial charge is 0.164 e. The molecule has 4 nitrogen and oxygen atoms in total. The van der Waals surface area contributed by atoms with Gasteiger partial charge in [0.15, 0.2) is 17.5 Å². The van der Waals surface area contributed by atoms with Crippen molar-refractivity contribution in [3.05, 3.63) is 243 Å². The Bertz CT molecular complexity index is 3940. The Morgan fingerprint density at radius 3 is 1.47 bits per heavy atom. The van der Waals surface area contributed by atoms with Crippen molar-refractivity contribution in [2.75, 3.05) is 0 Å². The van der Waals surface area contributed by atoms with Crippen molar-refractivity contribution in [1.82, 2.24) is 19.5 Å². The number of benzene rings is 10. The zero-order valence-electron chi connectivity index (χ0n) is 36.8. The molecule has 13 rings (SSSR count). The predicted molar refractivity (Wildman–Crippen MR) is 285 cm³/mol. The lowest BCUT2D eigenvalue weighted by atomic mass is 9.89. The Labute approximate surface area is 397 Å². The fourth-order valence-corrected chi connectivity index (χ4v) is 11.2. The van der Waals surface area contributed by atoms with Gasteiger partial charge in [0.2, 0.25) is 0 Å². The molecule has 0 bridgehead atoms. The number of hydrogen-bond acceptors (Lipinski definition) is 4. The average molecular weight is 885 g/mol. The molecule has 0 aliphatic rings. The number of hydrogen-bond donors (Lipinski definition) is 0. The monoisotopic (exact) mass is 884 g/mol. The van der Waals surface area contributed by atoms with E-state index >= 15 is 0 Å². The van der Waals surface area contributed by atoms with Crippen LogP contribution in [0.25, 0.3) is 126 Å².